The summed E-state index contributed by atoms with van der Waals surface area (Å²) in [5.74, 6) is 0. The molecular formula is C15H26BrN3O. The number of rotatable bonds is 7. The van der Waals surface area contributed by atoms with Crippen molar-refractivity contribution in [3.63, 3.8) is 0 Å². The Morgan fingerprint density at radius 2 is 2.10 bits per heavy atom. The quantitative estimate of drug-likeness (QED) is 0.772. The number of ether oxygens (including phenoxy) is 1. The summed E-state index contributed by atoms with van der Waals surface area (Å²) in [4.78, 5) is 0. The van der Waals surface area contributed by atoms with Gasteiger partial charge in [-0.15, -0.1) is 0 Å². The van der Waals surface area contributed by atoms with Crippen LogP contribution >= 0.6 is 15.9 Å². The van der Waals surface area contributed by atoms with Gasteiger partial charge in [-0.3, -0.25) is 4.68 Å². The average molecular weight is 344 g/mol. The van der Waals surface area contributed by atoms with E-state index in [-0.39, 0.29) is 0 Å². The van der Waals surface area contributed by atoms with Gasteiger partial charge in [0.2, 0.25) is 0 Å². The molecule has 1 N–H and O–H groups in total. The molecule has 1 heterocycles. The predicted octanol–water partition coefficient (Wildman–Crippen LogP) is 3.18. The minimum absolute atomic E-state index is 0.501. The van der Waals surface area contributed by atoms with Crippen molar-refractivity contribution in [2.75, 3.05) is 13.2 Å². The molecule has 0 atom stereocenters. The first kappa shape index (κ1) is 16.0. The van der Waals surface area contributed by atoms with Crippen molar-refractivity contribution >= 4 is 15.9 Å². The van der Waals surface area contributed by atoms with Crippen molar-refractivity contribution < 1.29 is 4.74 Å². The Balaban J connectivity index is 1.66. The molecule has 0 aromatic carbocycles. The van der Waals surface area contributed by atoms with Crippen molar-refractivity contribution in [3.8, 4) is 0 Å². The predicted molar refractivity (Wildman–Crippen MR) is 84.8 cm³/mol. The summed E-state index contributed by atoms with van der Waals surface area (Å²) < 4.78 is 9.01. The standard InChI is InChI=1S/C15H26BrN3O/c1-3-13-15(16)14(19(2)18-13)11-17-9-10-20-12-7-5-4-6-8-12/h12,17H,3-11H2,1-2H3. The first-order valence-corrected chi connectivity index (χ1v) is 8.54. The fraction of sp³-hybridized carbons (Fsp3) is 0.800. The summed E-state index contributed by atoms with van der Waals surface area (Å²) in [6, 6.07) is 0. The van der Waals surface area contributed by atoms with E-state index in [1.54, 1.807) is 0 Å². The molecule has 0 radical (unpaired) electrons. The molecule has 1 aliphatic carbocycles. The van der Waals surface area contributed by atoms with Crippen LogP contribution < -0.4 is 5.32 Å². The number of halogens is 1. The van der Waals surface area contributed by atoms with Gasteiger partial charge in [-0.05, 0) is 35.2 Å². The van der Waals surface area contributed by atoms with E-state index in [2.05, 4.69) is 33.3 Å². The van der Waals surface area contributed by atoms with Crippen molar-refractivity contribution in [1.29, 1.82) is 0 Å². The smallest absolute Gasteiger partial charge is 0.0767 e. The minimum Gasteiger partial charge on any atom is -0.377 e. The van der Waals surface area contributed by atoms with Crippen LogP contribution in [0.1, 0.15) is 50.4 Å². The molecule has 1 aromatic heterocycles. The summed E-state index contributed by atoms with van der Waals surface area (Å²) >= 11 is 3.64. The number of hydrogen-bond donors (Lipinski definition) is 1. The van der Waals surface area contributed by atoms with Crippen molar-refractivity contribution in [2.45, 2.75) is 58.1 Å². The van der Waals surface area contributed by atoms with Crippen LogP contribution in [0, 0.1) is 0 Å². The second-order valence-electron chi connectivity index (χ2n) is 5.49. The van der Waals surface area contributed by atoms with Crippen molar-refractivity contribution in [3.05, 3.63) is 15.9 Å². The molecular weight excluding hydrogens is 318 g/mol. The van der Waals surface area contributed by atoms with Gasteiger partial charge in [-0.1, -0.05) is 26.2 Å². The third kappa shape index (κ3) is 4.30. The van der Waals surface area contributed by atoms with Gasteiger partial charge in [-0.2, -0.15) is 5.10 Å². The lowest BCUT2D eigenvalue weighted by atomic mass is 9.98. The van der Waals surface area contributed by atoms with E-state index in [0.29, 0.717) is 6.10 Å². The molecule has 0 spiro atoms. The van der Waals surface area contributed by atoms with E-state index in [1.165, 1.54) is 37.8 Å². The Morgan fingerprint density at radius 1 is 1.35 bits per heavy atom. The first-order chi connectivity index (χ1) is 9.72. The molecule has 5 heteroatoms. The van der Waals surface area contributed by atoms with Crippen LogP contribution in [0.4, 0.5) is 0 Å². The Hall–Kier alpha value is -0.390. The highest BCUT2D eigenvalue weighted by molar-refractivity contribution is 9.10. The Morgan fingerprint density at radius 3 is 2.75 bits per heavy atom. The largest absolute Gasteiger partial charge is 0.377 e. The molecule has 20 heavy (non-hydrogen) atoms. The molecule has 1 aliphatic rings. The van der Waals surface area contributed by atoms with Crippen molar-refractivity contribution in [1.82, 2.24) is 15.1 Å². The molecule has 1 saturated carbocycles. The lowest BCUT2D eigenvalue weighted by Gasteiger charge is -2.22. The summed E-state index contributed by atoms with van der Waals surface area (Å²) in [5, 5.41) is 7.94. The molecule has 1 fully saturated rings. The second kappa shape index (κ2) is 8.15. The lowest BCUT2D eigenvalue weighted by Crippen LogP contribution is -2.25. The van der Waals surface area contributed by atoms with Crippen LogP contribution in [0.25, 0.3) is 0 Å². The molecule has 0 aliphatic heterocycles. The highest BCUT2D eigenvalue weighted by Crippen LogP contribution is 2.21. The highest BCUT2D eigenvalue weighted by atomic mass is 79.9. The topological polar surface area (TPSA) is 39.1 Å². The minimum atomic E-state index is 0.501. The van der Waals surface area contributed by atoms with Crippen LogP contribution in [0.3, 0.4) is 0 Å². The van der Waals surface area contributed by atoms with Gasteiger partial charge in [0.15, 0.2) is 0 Å². The summed E-state index contributed by atoms with van der Waals surface area (Å²) in [6.07, 6.45) is 7.99. The molecule has 4 nitrogen and oxygen atoms in total. The normalized spacial score (nSPS) is 16.8. The maximum absolute atomic E-state index is 5.91. The van der Waals surface area contributed by atoms with Gasteiger partial charge in [0, 0.05) is 20.1 Å². The highest BCUT2D eigenvalue weighted by Gasteiger charge is 2.14. The van der Waals surface area contributed by atoms with Crippen LogP contribution in [0.2, 0.25) is 0 Å². The second-order valence-corrected chi connectivity index (χ2v) is 6.29. The van der Waals surface area contributed by atoms with Gasteiger partial charge >= 0.3 is 0 Å². The van der Waals surface area contributed by atoms with Gasteiger partial charge in [0.25, 0.3) is 0 Å². The molecule has 0 bridgehead atoms. The number of nitrogens with one attached hydrogen (secondary N) is 1. The van der Waals surface area contributed by atoms with Crippen molar-refractivity contribution in [2.24, 2.45) is 7.05 Å². The molecule has 0 unspecified atom stereocenters. The number of aromatic nitrogens is 2. The van der Waals surface area contributed by atoms with E-state index in [4.69, 9.17) is 4.74 Å². The lowest BCUT2D eigenvalue weighted by molar-refractivity contribution is 0.0302. The zero-order chi connectivity index (χ0) is 14.4. The molecule has 114 valence electrons. The van der Waals surface area contributed by atoms with Gasteiger partial charge in [-0.25, -0.2) is 0 Å². The fourth-order valence-corrected chi connectivity index (χ4v) is 3.50. The van der Waals surface area contributed by atoms with Gasteiger partial charge in [0.05, 0.1) is 28.6 Å². The Bertz CT molecular complexity index is 413. The number of aryl methyl sites for hydroxylation is 2. The van der Waals surface area contributed by atoms with E-state index in [1.807, 2.05) is 11.7 Å². The van der Waals surface area contributed by atoms with Crippen LogP contribution in [0.15, 0.2) is 4.47 Å². The summed E-state index contributed by atoms with van der Waals surface area (Å²) in [6.45, 7) is 4.66. The SMILES string of the molecule is CCc1nn(C)c(CNCCOC2CCCCC2)c1Br. The zero-order valence-corrected chi connectivity index (χ0v) is 14.2. The summed E-state index contributed by atoms with van der Waals surface area (Å²) in [5.41, 5.74) is 2.34. The number of hydrogen-bond acceptors (Lipinski definition) is 3. The third-order valence-electron chi connectivity index (χ3n) is 3.98. The van der Waals surface area contributed by atoms with Crippen LogP contribution in [-0.2, 0) is 24.8 Å². The van der Waals surface area contributed by atoms with E-state index in [9.17, 15) is 0 Å². The Kier molecular flexibility index (Phi) is 6.52. The molecule has 2 rings (SSSR count). The van der Waals surface area contributed by atoms with E-state index in [0.717, 1.165) is 36.3 Å². The van der Waals surface area contributed by atoms with E-state index >= 15 is 0 Å². The maximum atomic E-state index is 5.91. The zero-order valence-electron chi connectivity index (χ0n) is 12.6. The van der Waals surface area contributed by atoms with E-state index < -0.39 is 0 Å². The maximum Gasteiger partial charge on any atom is 0.0767 e. The summed E-state index contributed by atoms with van der Waals surface area (Å²) in [7, 11) is 2.00. The molecule has 1 aromatic rings. The van der Waals surface area contributed by atoms with Gasteiger partial charge < -0.3 is 10.1 Å². The van der Waals surface area contributed by atoms with Gasteiger partial charge in [0.1, 0.15) is 0 Å². The third-order valence-corrected chi connectivity index (χ3v) is 4.90. The average Bonchev–Trinajstić information content (AvgIpc) is 2.75. The van der Waals surface area contributed by atoms with Crippen LogP contribution in [0.5, 0.6) is 0 Å². The molecule has 0 saturated heterocycles. The molecule has 0 amide bonds. The van der Waals surface area contributed by atoms with Crippen LogP contribution in [-0.4, -0.2) is 29.0 Å². The monoisotopic (exact) mass is 343 g/mol. The fourth-order valence-electron chi connectivity index (χ4n) is 2.75. The first-order valence-electron chi connectivity index (χ1n) is 7.75. The number of nitrogens with zero attached hydrogens (tertiary/aromatic N) is 2. The Labute approximate surface area is 130 Å².